The van der Waals surface area contributed by atoms with Crippen molar-refractivity contribution in [3.05, 3.63) is 11.1 Å². The highest BCUT2D eigenvalue weighted by Crippen LogP contribution is 2.72. The quantitative estimate of drug-likeness (QED) is 0.452. The fourth-order valence-corrected chi connectivity index (χ4v) is 9.97. The van der Waals surface area contributed by atoms with E-state index >= 15 is 0 Å². The monoisotopic (exact) mass is 456 g/mol. The van der Waals surface area contributed by atoms with Crippen LogP contribution in [0.15, 0.2) is 11.1 Å². The Morgan fingerprint density at radius 3 is 2.33 bits per heavy atom. The molecule has 0 aromatic heterocycles. The van der Waals surface area contributed by atoms with E-state index in [0.29, 0.717) is 29.0 Å². The lowest BCUT2D eigenvalue weighted by Crippen LogP contribution is -2.54. The first-order valence-electron chi connectivity index (χ1n) is 14.0. The topological polar surface area (TPSA) is 46.5 Å². The molecule has 1 saturated heterocycles. The maximum absolute atomic E-state index is 12.8. The Labute approximate surface area is 202 Å². The van der Waals surface area contributed by atoms with Crippen molar-refractivity contribution < 1.29 is 14.6 Å². The summed E-state index contributed by atoms with van der Waals surface area (Å²) < 4.78 is 6.17. The summed E-state index contributed by atoms with van der Waals surface area (Å²) >= 11 is 0. The molecule has 5 rings (SSSR count). The van der Waals surface area contributed by atoms with Gasteiger partial charge in [0, 0.05) is 17.8 Å². The van der Waals surface area contributed by atoms with Gasteiger partial charge in [0.05, 0.1) is 6.10 Å². The molecule has 33 heavy (non-hydrogen) atoms. The van der Waals surface area contributed by atoms with Gasteiger partial charge in [0.2, 0.25) is 0 Å². The van der Waals surface area contributed by atoms with Crippen LogP contribution in [0, 0.1) is 45.3 Å². The van der Waals surface area contributed by atoms with Crippen LogP contribution in [0.5, 0.6) is 0 Å². The molecular weight excluding hydrogens is 408 g/mol. The number of aliphatic hydroxyl groups excluding tert-OH is 1. The fourth-order valence-electron chi connectivity index (χ4n) is 9.97. The van der Waals surface area contributed by atoms with Gasteiger partial charge in [-0.3, -0.25) is 4.79 Å². The standard InChI is InChI=1S/C30H48O3/c1-18-8-10-23(33-26(18)32)19(2)20-12-16-30(7)22-9-11-24-27(3,4)25(31)14-15-28(24,5)21(22)13-17-29(20,30)6/h18-20,23-24,26,32H,8-17H2,1-7H3/t18-,19+,20-,23+,24+,26+,28-,29-,30+/m1/s1. The van der Waals surface area contributed by atoms with Crippen molar-refractivity contribution in [2.24, 2.45) is 45.3 Å². The molecule has 0 unspecified atom stereocenters. The Kier molecular flexibility index (Phi) is 5.58. The highest BCUT2D eigenvalue weighted by molar-refractivity contribution is 5.85. The summed E-state index contributed by atoms with van der Waals surface area (Å²) in [6, 6.07) is 0. The number of allylic oxidation sites excluding steroid dienone is 2. The average molecular weight is 457 g/mol. The number of carbonyl (C=O) groups is 1. The van der Waals surface area contributed by atoms with Gasteiger partial charge < -0.3 is 9.84 Å². The van der Waals surface area contributed by atoms with Crippen molar-refractivity contribution in [1.29, 1.82) is 0 Å². The minimum atomic E-state index is -0.597. The molecule has 0 amide bonds. The first-order chi connectivity index (χ1) is 15.4. The molecule has 9 atom stereocenters. The molecule has 0 radical (unpaired) electrons. The molecule has 3 fully saturated rings. The summed E-state index contributed by atoms with van der Waals surface area (Å²) in [7, 11) is 0. The van der Waals surface area contributed by atoms with Crippen molar-refractivity contribution in [1.82, 2.24) is 0 Å². The van der Waals surface area contributed by atoms with Crippen LogP contribution >= 0.6 is 0 Å². The van der Waals surface area contributed by atoms with Gasteiger partial charge in [0.1, 0.15) is 5.78 Å². The van der Waals surface area contributed by atoms with Crippen LogP contribution in [0.3, 0.4) is 0 Å². The lowest BCUT2D eigenvalue weighted by atomic mass is 9.43. The van der Waals surface area contributed by atoms with E-state index in [1.807, 2.05) is 0 Å². The zero-order valence-corrected chi connectivity index (χ0v) is 22.3. The number of ether oxygens (including phenoxy) is 1. The zero-order valence-electron chi connectivity index (χ0n) is 22.3. The number of hydrogen-bond acceptors (Lipinski definition) is 3. The zero-order chi connectivity index (χ0) is 24.0. The molecule has 0 spiro atoms. The smallest absolute Gasteiger partial charge is 0.157 e. The second-order valence-corrected chi connectivity index (χ2v) is 14.0. The molecule has 3 heteroatoms. The lowest BCUT2D eigenvalue weighted by molar-refractivity contribution is -0.209. The van der Waals surface area contributed by atoms with Crippen LogP contribution in [-0.2, 0) is 9.53 Å². The molecular formula is C30H48O3. The maximum Gasteiger partial charge on any atom is 0.157 e. The summed E-state index contributed by atoms with van der Waals surface area (Å²) in [4.78, 5) is 12.8. The largest absolute Gasteiger partial charge is 0.368 e. The first-order valence-corrected chi connectivity index (χ1v) is 14.0. The van der Waals surface area contributed by atoms with Crippen LogP contribution in [0.4, 0.5) is 0 Å². The van der Waals surface area contributed by atoms with E-state index in [2.05, 4.69) is 48.5 Å². The van der Waals surface area contributed by atoms with Crippen molar-refractivity contribution in [2.45, 2.75) is 125 Å². The Morgan fingerprint density at radius 2 is 1.64 bits per heavy atom. The van der Waals surface area contributed by atoms with Gasteiger partial charge >= 0.3 is 0 Å². The molecule has 0 aromatic carbocycles. The van der Waals surface area contributed by atoms with Crippen LogP contribution in [-0.4, -0.2) is 23.3 Å². The highest BCUT2D eigenvalue weighted by Gasteiger charge is 2.63. The fraction of sp³-hybridized carbons (Fsp3) is 0.900. The van der Waals surface area contributed by atoms with Gasteiger partial charge in [-0.15, -0.1) is 0 Å². The molecule has 4 aliphatic carbocycles. The number of carbonyl (C=O) groups excluding carboxylic acids is 1. The Balaban J connectivity index is 1.46. The summed E-state index contributed by atoms with van der Waals surface area (Å²) in [5.74, 6) is 2.37. The van der Waals surface area contributed by atoms with Gasteiger partial charge in [-0.05, 0) is 91.8 Å². The number of rotatable bonds is 2. The van der Waals surface area contributed by atoms with Crippen LogP contribution in [0.2, 0.25) is 0 Å². The second-order valence-electron chi connectivity index (χ2n) is 14.0. The van der Waals surface area contributed by atoms with Gasteiger partial charge in [-0.2, -0.15) is 0 Å². The summed E-state index contributed by atoms with van der Waals surface area (Å²) in [5, 5.41) is 10.4. The summed E-state index contributed by atoms with van der Waals surface area (Å²) in [5.41, 5.74) is 4.12. The molecule has 3 nitrogen and oxygen atoms in total. The maximum atomic E-state index is 12.8. The molecule has 1 heterocycles. The molecule has 1 aliphatic heterocycles. The molecule has 5 aliphatic rings. The van der Waals surface area contributed by atoms with E-state index < -0.39 is 6.29 Å². The third-order valence-corrected chi connectivity index (χ3v) is 12.5. The predicted molar refractivity (Wildman–Crippen MR) is 132 cm³/mol. The molecule has 186 valence electrons. The van der Waals surface area contributed by atoms with Gasteiger partial charge in [0.15, 0.2) is 6.29 Å². The molecule has 1 N–H and O–H groups in total. The van der Waals surface area contributed by atoms with E-state index in [9.17, 15) is 9.90 Å². The Hall–Kier alpha value is -0.670. The molecule has 0 aromatic rings. The molecule has 0 bridgehead atoms. The number of hydrogen-bond donors (Lipinski definition) is 1. The lowest BCUT2D eigenvalue weighted by Gasteiger charge is -2.61. The van der Waals surface area contributed by atoms with Crippen LogP contribution < -0.4 is 0 Å². The first kappa shape index (κ1) is 24.0. The van der Waals surface area contributed by atoms with Gasteiger partial charge in [-0.1, -0.05) is 59.6 Å². The van der Waals surface area contributed by atoms with E-state index in [0.717, 1.165) is 25.7 Å². The SMILES string of the molecule is C[C@H]([C@@H]1CC[C@@H](C)[C@@H](O)O1)[C@H]1CC[C@@]2(C)C3=C(CC[C@]12C)[C@@]1(C)CCC(=O)C(C)(C)[C@@H]1CC3. The number of Topliss-reactive ketones (excluding diaryl/α,β-unsaturated/α-hetero) is 1. The Morgan fingerprint density at radius 1 is 0.909 bits per heavy atom. The van der Waals surface area contributed by atoms with Gasteiger partial charge in [-0.25, -0.2) is 0 Å². The van der Waals surface area contributed by atoms with E-state index in [4.69, 9.17) is 4.74 Å². The van der Waals surface area contributed by atoms with Crippen molar-refractivity contribution in [3.8, 4) is 0 Å². The van der Waals surface area contributed by atoms with E-state index in [-0.39, 0.29) is 28.3 Å². The average Bonchev–Trinajstić information content (AvgIpc) is 3.04. The van der Waals surface area contributed by atoms with Crippen LogP contribution in [0.1, 0.15) is 113 Å². The number of aliphatic hydroxyl groups is 1. The minimum Gasteiger partial charge on any atom is -0.368 e. The third-order valence-electron chi connectivity index (χ3n) is 12.5. The van der Waals surface area contributed by atoms with Gasteiger partial charge in [0.25, 0.3) is 0 Å². The normalized spacial score (nSPS) is 50.4. The summed E-state index contributed by atoms with van der Waals surface area (Å²) in [6.07, 6.45) is 11.0. The highest BCUT2D eigenvalue weighted by atomic mass is 16.6. The Bertz CT molecular complexity index is 857. The summed E-state index contributed by atoms with van der Waals surface area (Å²) in [6.45, 7) is 16.7. The second kappa shape index (κ2) is 7.66. The predicted octanol–water partition coefficient (Wildman–Crippen LogP) is 7.07. The van der Waals surface area contributed by atoms with Crippen LogP contribution in [0.25, 0.3) is 0 Å². The number of ketones is 1. The van der Waals surface area contributed by atoms with Crippen molar-refractivity contribution >= 4 is 5.78 Å². The number of fused-ring (bicyclic) bond motifs is 4. The van der Waals surface area contributed by atoms with E-state index in [1.165, 1.54) is 38.5 Å². The van der Waals surface area contributed by atoms with Crippen molar-refractivity contribution in [3.63, 3.8) is 0 Å². The van der Waals surface area contributed by atoms with Crippen molar-refractivity contribution in [2.75, 3.05) is 0 Å². The van der Waals surface area contributed by atoms with E-state index in [1.54, 1.807) is 11.1 Å². The third kappa shape index (κ3) is 3.16. The molecule has 2 saturated carbocycles. The minimum absolute atomic E-state index is 0.184.